The van der Waals surface area contributed by atoms with E-state index in [0.29, 0.717) is 31.6 Å². The number of esters is 4. The van der Waals surface area contributed by atoms with Gasteiger partial charge in [0, 0.05) is 25.7 Å². The van der Waals surface area contributed by atoms with Crippen molar-refractivity contribution in [3.05, 3.63) is 24.3 Å². The molecule has 0 fully saturated rings. The summed E-state index contributed by atoms with van der Waals surface area (Å²) < 4.78 is 68.4. The lowest BCUT2D eigenvalue weighted by atomic mass is 10.00. The van der Waals surface area contributed by atoms with E-state index in [4.69, 9.17) is 37.0 Å². The summed E-state index contributed by atoms with van der Waals surface area (Å²) in [6.45, 7) is 11.8. The average Bonchev–Trinajstić information content (AvgIpc) is 1.23. The van der Waals surface area contributed by atoms with Crippen LogP contribution >= 0.6 is 15.6 Å². The first-order valence-corrected chi connectivity index (χ1v) is 42.2. The zero-order chi connectivity index (χ0) is 70.9. The second-order valence-corrected chi connectivity index (χ2v) is 31.2. The van der Waals surface area contributed by atoms with Gasteiger partial charge in [0.15, 0.2) is 12.2 Å². The van der Waals surface area contributed by atoms with E-state index in [2.05, 4.69) is 72.8 Å². The molecule has 0 rings (SSSR count). The number of carbonyl (C=O) groups is 4. The Labute approximate surface area is 586 Å². The predicted molar refractivity (Wildman–Crippen MR) is 390 cm³/mol. The third-order valence-electron chi connectivity index (χ3n) is 17.6. The van der Waals surface area contributed by atoms with Crippen LogP contribution in [0.4, 0.5) is 0 Å². The Morgan fingerprint density at radius 3 is 0.927 bits per heavy atom. The van der Waals surface area contributed by atoms with Crippen molar-refractivity contribution in [2.24, 2.45) is 17.8 Å². The third-order valence-corrected chi connectivity index (χ3v) is 19.5. The molecule has 0 saturated heterocycles. The van der Waals surface area contributed by atoms with Crippen LogP contribution in [0.5, 0.6) is 0 Å². The Balaban J connectivity index is 5.18. The average molecular weight is 1410 g/mol. The molecule has 0 saturated carbocycles. The van der Waals surface area contributed by atoms with Crippen LogP contribution in [0.3, 0.4) is 0 Å². The molecular weight excluding hydrogens is 1260 g/mol. The first-order chi connectivity index (χ1) is 46.3. The van der Waals surface area contributed by atoms with Crippen LogP contribution in [0.15, 0.2) is 24.3 Å². The zero-order valence-electron chi connectivity index (χ0n) is 62.3. The summed E-state index contributed by atoms with van der Waals surface area (Å²) in [5.41, 5.74) is 0. The number of rotatable bonds is 73. The minimum absolute atomic E-state index is 0.0839. The van der Waals surface area contributed by atoms with Gasteiger partial charge in [0.2, 0.25) is 0 Å². The van der Waals surface area contributed by atoms with Crippen LogP contribution in [0.25, 0.3) is 0 Å². The lowest BCUT2D eigenvalue weighted by Crippen LogP contribution is -2.30. The fourth-order valence-corrected chi connectivity index (χ4v) is 12.8. The standard InChI is InChI=1S/C77H146O17P2/c1-8-10-11-12-13-14-15-16-21-26-29-32-37-46-53-60-76(81)93-72(64-88-75(80)59-52-45-38-33-35-42-49-56-69(5)6)66-91-95(83,84)89-62-71(78)63-90-96(85,86)92-67-73(94-77(82)61-54-47-40-39-43-50-57-70(7)9-2)65-87-74(79)58-51-44-36-31-28-25-23-20-18-17-19-22-24-27-30-34-41-48-55-68(3)4/h14-16,21,68-73,78H,8-13,17-20,22-67H2,1-7H3,(H,83,84)(H,85,86)/b15-14-,21-16-/t70?,71?,72-,73-/m1/s1. The van der Waals surface area contributed by atoms with Gasteiger partial charge in [-0.25, -0.2) is 9.13 Å². The Morgan fingerprint density at radius 1 is 0.344 bits per heavy atom. The van der Waals surface area contributed by atoms with Crippen molar-refractivity contribution >= 4 is 39.5 Å². The highest BCUT2D eigenvalue weighted by Gasteiger charge is 2.30. The molecule has 0 heterocycles. The summed E-state index contributed by atoms with van der Waals surface area (Å²) in [5.74, 6) is 0.0892. The molecule has 0 spiro atoms. The molecule has 0 amide bonds. The van der Waals surface area contributed by atoms with Crippen LogP contribution in [0.1, 0.15) is 370 Å². The van der Waals surface area contributed by atoms with Crippen molar-refractivity contribution in [1.29, 1.82) is 0 Å². The normalized spacial score (nSPS) is 14.5. The van der Waals surface area contributed by atoms with E-state index in [1.165, 1.54) is 161 Å². The summed E-state index contributed by atoms with van der Waals surface area (Å²) in [6, 6.07) is 0. The Hall–Kier alpha value is -2.46. The minimum Gasteiger partial charge on any atom is -0.462 e. The molecule has 0 aliphatic heterocycles. The highest BCUT2D eigenvalue weighted by molar-refractivity contribution is 7.47. The molecule has 4 unspecified atom stereocenters. The molecule has 0 aromatic rings. The Kier molecular flexibility index (Phi) is 65.3. The number of carbonyl (C=O) groups excluding carboxylic acids is 4. The Bertz CT molecular complexity index is 1970. The molecule has 6 atom stereocenters. The smallest absolute Gasteiger partial charge is 0.462 e. The third kappa shape index (κ3) is 68.7. The van der Waals surface area contributed by atoms with Crippen LogP contribution in [-0.4, -0.2) is 96.7 Å². The molecule has 0 bridgehead atoms. The van der Waals surface area contributed by atoms with Crippen LogP contribution in [0, 0.1) is 17.8 Å². The highest BCUT2D eigenvalue weighted by atomic mass is 31.2. The number of unbranched alkanes of at least 4 members (excludes halogenated alkanes) is 37. The van der Waals surface area contributed by atoms with Crippen molar-refractivity contribution in [2.45, 2.75) is 388 Å². The lowest BCUT2D eigenvalue weighted by molar-refractivity contribution is -0.161. The number of hydrogen-bond acceptors (Lipinski definition) is 15. The number of aliphatic hydroxyl groups is 1. The monoisotopic (exact) mass is 1410 g/mol. The number of aliphatic hydroxyl groups excluding tert-OH is 1. The quantitative estimate of drug-likeness (QED) is 0.0169. The van der Waals surface area contributed by atoms with Crippen molar-refractivity contribution < 1.29 is 80.2 Å². The topological polar surface area (TPSA) is 237 Å². The summed E-state index contributed by atoms with van der Waals surface area (Å²) in [4.78, 5) is 72.7. The lowest BCUT2D eigenvalue weighted by Gasteiger charge is -2.21. The van der Waals surface area contributed by atoms with Gasteiger partial charge in [-0.05, 0) is 69.1 Å². The molecule has 0 aromatic carbocycles. The van der Waals surface area contributed by atoms with Gasteiger partial charge in [0.1, 0.15) is 19.3 Å². The summed E-state index contributed by atoms with van der Waals surface area (Å²) in [7, 11) is -9.92. The fraction of sp³-hybridized carbons (Fsp3) is 0.896. The number of allylic oxidation sites excluding steroid dienone is 4. The van der Waals surface area contributed by atoms with Crippen LogP contribution in [-0.2, 0) is 65.4 Å². The van der Waals surface area contributed by atoms with Gasteiger partial charge in [-0.15, -0.1) is 0 Å². The van der Waals surface area contributed by atoms with Gasteiger partial charge < -0.3 is 33.8 Å². The maximum absolute atomic E-state index is 13.1. The largest absolute Gasteiger partial charge is 0.472 e. The molecular formula is C77H146O17P2. The molecule has 0 aromatic heterocycles. The summed E-state index contributed by atoms with van der Waals surface area (Å²) >= 11 is 0. The predicted octanol–water partition coefficient (Wildman–Crippen LogP) is 22.1. The zero-order valence-corrected chi connectivity index (χ0v) is 64.1. The molecule has 0 radical (unpaired) electrons. The summed E-state index contributed by atoms with van der Waals surface area (Å²) in [5, 5.41) is 10.6. The van der Waals surface area contributed by atoms with Crippen LogP contribution in [0.2, 0.25) is 0 Å². The Morgan fingerprint density at radius 2 is 0.615 bits per heavy atom. The number of hydrogen-bond donors (Lipinski definition) is 3. The van der Waals surface area contributed by atoms with E-state index in [1.54, 1.807) is 0 Å². The highest BCUT2D eigenvalue weighted by Crippen LogP contribution is 2.45. The first kappa shape index (κ1) is 93.5. The van der Waals surface area contributed by atoms with Crippen molar-refractivity contribution in [3.63, 3.8) is 0 Å². The summed E-state index contributed by atoms with van der Waals surface area (Å²) in [6.07, 6.45) is 56.6. The van der Waals surface area contributed by atoms with E-state index in [1.807, 2.05) is 0 Å². The fourth-order valence-electron chi connectivity index (χ4n) is 11.2. The van der Waals surface area contributed by atoms with Crippen LogP contribution < -0.4 is 0 Å². The van der Waals surface area contributed by atoms with Gasteiger partial charge in [-0.3, -0.25) is 37.3 Å². The molecule has 3 N–H and O–H groups in total. The van der Waals surface area contributed by atoms with Gasteiger partial charge in [-0.2, -0.15) is 0 Å². The van der Waals surface area contributed by atoms with E-state index in [-0.39, 0.29) is 25.7 Å². The van der Waals surface area contributed by atoms with Crippen molar-refractivity contribution in [1.82, 2.24) is 0 Å². The SMILES string of the molecule is CCCCCC/C=C\C=C/CCCCCCCC(=O)O[C@H](COC(=O)CCCCCCCCCC(C)C)COP(=O)(O)OCC(O)COP(=O)(O)OC[C@@H](COC(=O)CCCCCCCCCCCCCCCCCCCCC(C)C)OC(=O)CCCCCCCCC(C)CC. The molecule has 19 heteroatoms. The second-order valence-electron chi connectivity index (χ2n) is 28.3. The number of phosphoric ester groups is 2. The van der Waals surface area contributed by atoms with E-state index >= 15 is 0 Å². The van der Waals surface area contributed by atoms with E-state index in [9.17, 15) is 43.2 Å². The van der Waals surface area contributed by atoms with Crippen molar-refractivity contribution in [2.75, 3.05) is 39.6 Å². The first-order valence-electron chi connectivity index (χ1n) is 39.2. The molecule has 566 valence electrons. The van der Waals surface area contributed by atoms with E-state index < -0.39 is 97.5 Å². The maximum atomic E-state index is 13.1. The number of phosphoric acid groups is 2. The second kappa shape index (κ2) is 67.1. The van der Waals surface area contributed by atoms with Gasteiger partial charge in [0.25, 0.3) is 0 Å². The van der Waals surface area contributed by atoms with Gasteiger partial charge in [-0.1, -0.05) is 317 Å². The minimum atomic E-state index is -4.96. The molecule has 0 aliphatic rings. The number of ether oxygens (including phenoxy) is 4. The van der Waals surface area contributed by atoms with Gasteiger partial charge in [0.05, 0.1) is 26.4 Å². The maximum Gasteiger partial charge on any atom is 0.472 e. The molecule has 96 heavy (non-hydrogen) atoms. The van der Waals surface area contributed by atoms with Gasteiger partial charge >= 0.3 is 39.5 Å². The molecule has 0 aliphatic carbocycles. The van der Waals surface area contributed by atoms with Crippen molar-refractivity contribution in [3.8, 4) is 0 Å². The van der Waals surface area contributed by atoms with E-state index in [0.717, 1.165) is 121 Å². The molecule has 17 nitrogen and oxygen atoms in total.